The molecule has 1 saturated carbocycles. The fourth-order valence-corrected chi connectivity index (χ4v) is 2.99. The van der Waals surface area contributed by atoms with E-state index in [0.717, 1.165) is 11.5 Å². The molecule has 0 heterocycles. The normalized spacial score (nSPS) is 25.7. The minimum Gasteiger partial charge on any atom is -0.481 e. The molecule has 3 atom stereocenters. The molecular formula is C16H22O2. The highest BCUT2D eigenvalue weighted by atomic mass is 16.4. The molecule has 0 amide bonds. The van der Waals surface area contributed by atoms with Crippen LogP contribution in [0.5, 0.6) is 0 Å². The molecule has 1 aliphatic carbocycles. The van der Waals surface area contributed by atoms with Crippen molar-refractivity contribution in [1.29, 1.82) is 0 Å². The molecule has 2 rings (SSSR count). The second-order valence-electron chi connectivity index (χ2n) is 5.59. The molecule has 2 heteroatoms. The van der Waals surface area contributed by atoms with E-state index in [-0.39, 0.29) is 0 Å². The van der Waals surface area contributed by atoms with Crippen molar-refractivity contribution in [2.24, 2.45) is 5.92 Å². The van der Waals surface area contributed by atoms with E-state index in [4.69, 9.17) is 5.11 Å². The Kier molecular flexibility index (Phi) is 4.05. The van der Waals surface area contributed by atoms with Crippen molar-refractivity contribution in [3.63, 3.8) is 0 Å². The maximum atomic E-state index is 10.9. The zero-order valence-electron chi connectivity index (χ0n) is 11.2. The molecule has 0 spiro atoms. The van der Waals surface area contributed by atoms with Crippen molar-refractivity contribution < 1.29 is 9.90 Å². The summed E-state index contributed by atoms with van der Waals surface area (Å²) in [6.45, 7) is 4.07. The van der Waals surface area contributed by atoms with Gasteiger partial charge in [-0.2, -0.15) is 0 Å². The molecule has 1 aromatic carbocycles. The van der Waals surface area contributed by atoms with Crippen LogP contribution in [0.25, 0.3) is 0 Å². The van der Waals surface area contributed by atoms with Crippen LogP contribution in [0.15, 0.2) is 24.3 Å². The van der Waals surface area contributed by atoms with Crippen LogP contribution in [-0.4, -0.2) is 11.1 Å². The Morgan fingerprint density at radius 3 is 2.39 bits per heavy atom. The van der Waals surface area contributed by atoms with Gasteiger partial charge in [0.15, 0.2) is 0 Å². The van der Waals surface area contributed by atoms with E-state index in [1.807, 2.05) is 12.1 Å². The lowest BCUT2D eigenvalue weighted by molar-refractivity contribution is -0.138. The summed E-state index contributed by atoms with van der Waals surface area (Å²) in [6.07, 6.45) is 5.26. The highest BCUT2D eigenvalue weighted by molar-refractivity contribution is 5.75. The molecule has 1 fully saturated rings. The number of aliphatic carboxylic acids is 1. The van der Waals surface area contributed by atoms with Gasteiger partial charge < -0.3 is 5.11 Å². The minimum absolute atomic E-state index is 0.414. The Labute approximate surface area is 109 Å². The molecular weight excluding hydrogens is 224 g/mol. The Morgan fingerprint density at radius 1 is 1.22 bits per heavy atom. The number of carboxylic acid groups (broad SMARTS) is 1. The zero-order valence-corrected chi connectivity index (χ0v) is 11.2. The molecule has 0 bridgehead atoms. The second-order valence-corrected chi connectivity index (χ2v) is 5.59. The Balaban J connectivity index is 2.14. The standard InChI is InChI=1S/C16H22O2/c1-11-5-3-4-6-15(11)14-9-7-13(8-10-14)12(2)16(17)18/h7-12,15H,3-6H2,1-2H3,(H,17,18)/t11?,12?,15-/m0/s1. The van der Waals surface area contributed by atoms with Crippen LogP contribution in [-0.2, 0) is 4.79 Å². The van der Waals surface area contributed by atoms with Gasteiger partial charge >= 0.3 is 5.97 Å². The van der Waals surface area contributed by atoms with Gasteiger partial charge in [0, 0.05) is 0 Å². The van der Waals surface area contributed by atoms with Crippen molar-refractivity contribution in [2.45, 2.75) is 51.4 Å². The topological polar surface area (TPSA) is 37.3 Å². The molecule has 0 radical (unpaired) electrons. The van der Waals surface area contributed by atoms with Gasteiger partial charge in [0.25, 0.3) is 0 Å². The fraction of sp³-hybridized carbons (Fsp3) is 0.562. The van der Waals surface area contributed by atoms with Crippen LogP contribution in [0.2, 0.25) is 0 Å². The third kappa shape index (κ3) is 2.74. The predicted octanol–water partition coefficient (Wildman–Crippen LogP) is 4.17. The number of benzene rings is 1. The first-order valence-corrected chi connectivity index (χ1v) is 6.92. The van der Waals surface area contributed by atoms with E-state index < -0.39 is 11.9 Å². The van der Waals surface area contributed by atoms with Gasteiger partial charge in [-0.15, -0.1) is 0 Å². The fourth-order valence-electron chi connectivity index (χ4n) is 2.99. The summed E-state index contributed by atoms with van der Waals surface area (Å²) < 4.78 is 0. The maximum absolute atomic E-state index is 10.9. The van der Waals surface area contributed by atoms with Crippen LogP contribution in [0.3, 0.4) is 0 Å². The molecule has 0 aromatic heterocycles. The third-order valence-corrected chi connectivity index (χ3v) is 4.35. The Bertz CT molecular complexity index is 408. The molecule has 0 saturated heterocycles. The summed E-state index contributed by atoms with van der Waals surface area (Å²) in [6, 6.07) is 8.22. The smallest absolute Gasteiger partial charge is 0.310 e. The summed E-state index contributed by atoms with van der Waals surface area (Å²) in [4.78, 5) is 10.9. The Hall–Kier alpha value is -1.31. The summed E-state index contributed by atoms with van der Waals surface area (Å²) in [5.41, 5.74) is 2.28. The van der Waals surface area contributed by atoms with Crippen molar-refractivity contribution in [2.75, 3.05) is 0 Å². The van der Waals surface area contributed by atoms with E-state index >= 15 is 0 Å². The molecule has 0 aliphatic heterocycles. The lowest BCUT2D eigenvalue weighted by atomic mass is 9.76. The average molecular weight is 246 g/mol. The molecule has 98 valence electrons. The molecule has 18 heavy (non-hydrogen) atoms. The maximum Gasteiger partial charge on any atom is 0.310 e. The lowest BCUT2D eigenvalue weighted by Crippen LogP contribution is -2.15. The van der Waals surface area contributed by atoms with Gasteiger partial charge in [-0.3, -0.25) is 4.79 Å². The van der Waals surface area contributed by atoms with Crippen LogP contribution >= 0.6 is 0 Å². The highest BCUT2D eigenvalue weighted by Crippen LogP contribution is 2.37. The quantitative estimate of drug-likeness (QED) is 0.869. The Morgan fingerprint density at radius 2 is 1.83 bits per heavy atom. The third-order valence-electron chi connectivity index (χ3n) is 4.35. The van der Waals surface area contributed by atoms with E-state index in [2.05, 4.69) is 19.1 Å². The number of hydrogen-bond donors (Lipinski definition) is 1. The van der Waals surface area contributed by atoms with Gasteiger partial charge in [-0.05, 0) is 36.3 Å². The van der Waals surface area contributed by atoms with E-state index in [1.165, 1.54) is 31.2 Å². The minimum atomic E-state index is -0.756. The molecule has 2 nitrogen and oxygen atoms in total. The zero-order chi connectivity index (χ0) is 13.1. The SMILES string of the molecule is CC(C(=O)O)c1ccc([C@H]2CCCCC2C)cc1. The van der Waals surface area contributed by atoms with Crippen molar-refractivity contribution in [3.05, 3.63) is 35.4 Å². The van der Waals surface area contributed by atoms with E-state index in [1.54, 1.807) is 6.92 Å². The van der Waals surface area contributed by atoms with Crippen LogP contribution < -0.4 is 0 Å². The van der Waals surface area contributed by atoms with Gasteiger partial charge in [-0.25, -0.2) is 0 Å². The van der Waals surface area contributed by atoms with Crippen LogP contribution in [0.1, 0.15) is 62.5 Å². The van der Waals surface area contributed by atoms with Gasteiger partial charge in [0.2, 0.25) is 0 Å². The molecule has 2 unspecified atom stereocenters. The van der Waals surface area contributed by atoms with Gasteiger partial charge in [0.1, 0.15) is 0 Å². The summed E-state index contributed by atoms with van der Waals surface area (Å²) >= 11 is 0. The first kappa shape index (κ1) is 13.1. The lowest BCUT2D eigenvalue weighted by Gasteiger charge is -2.29. The van der Waals surface area contributed by atoms with E-state index in [9.17, 15) is 4.79 Å². The largest absolute Gasteiger partial charge is 0.481 e. The van der Waals surface area contributed by atoms with Crippen LogP contribution in [0.4, 0.5) is 0 Å². The highest BCUT2D eigenvalue weighted by Gasteiger charge is 2.23. The average Bonchev–Trinajstić information content (AvgIpc) is 2.38. The van der Waals surface area contributed by atoms with Gasteiger partial charge in [-0.1, -0.05) is 50.5 Å². The molecule has 1 N–H and O–H groups in total. The molecule has 1 aromatic rings. The van der Waals surface area contributed by atoms with E-state index in [0.29, 0.717) is 5.92 Å². The van der Waals surface area contributed by atoms with Crippen molar-refractivity contribution >= 4 is 5.97 Å². The van der Waals surface area contributed by atoms with Crippen LogP contribution in [0, 0.1) is 5.92 Å². The predicted molar refractivity (Wildman–Crippen MR) is 72.9 cm³/mol. The first-order chi connectivity index (χ1) is 8.59. The summed E-state index contributed by atoms with van der Waals surface area (Å²) in [5.74, 6) is 0.242. The second kappa shape index (κ2) is 5.55. The number of hydrogen-bond acceptors (Lipinski definition) is 1. The summed E-state index contributed by atoms with van der Waals surface area (Å²) in [5, 5.41) is 9.00. The number of carboxylic acids is 1. The van der Waals surface area contributed by atoms with Gasteiger partial charge in [0.05, 0.1) is 5.92 Å². The first-order valence-electron chi connectivity index (χ1n) is 6.92. The number of rotatable bonds is 3. The van der Waals surface area contributed by atoms with Crippen molar-refractivity contribution in [1.82, 2.24) is 0 Å². The monoisotopic (exact) mass is 246 g/mol. The summed E-state index contributed by atoms with van der Waals surface area (Å²) in [7, 11) is 0. The van der Waals surface area contributed by atoms with Crippen molar-refractivity contribution in [3.8, 4) is 0 Å². The molecule has 1 aliphatic rings. The number of carbonyl (C=O) groups is 1.